The van der Waals surface area contributed by atoms with Crippen molar-refractivity contribution in [3.63, 3.8) is 0 Å². The molecule has 0 radical (unpaired) electrons. The van der Waals surface area contributed by atoms with Gasteiger partial charge < -0.3 is 15.0 Å². The van der Waals surface area contributed by atoms with Gasteiger partial charge in [-0.2, -0.15) is 0 Å². The minimum Gasteiger partial charge on any atom is -0.466 e. The zero-order valence-corrected chi connectivity index (χ0v) is 17.2. The van der Waals surface area contributed by atoms with Gasteiger partial charge in [-0.3, -0.25) is 15.0 Å². The van der Waals surface area contributed by atoms with Gasteiger partial charge in [-0.1, -0.05) is 42.5 Å². The van der Waals surface area contributed by atoms with Crippen LogP contribution in [0.2, 0.25) is 0 Å². The lowest BCUT2D eigenvalue weighted by Gasteiger charge is -2.34. The van der Waals surface area contributed by atoms with Gasteiger partial charge in [0.25, 0.3) is 5.69 Å². The summed E-state index contributed by atoms with van der Waals surface area (Å²) in [6, 6.07) is 15.2. The summed E-state index contributed by atoms with van der Waals surface area (Å²) in [5.41, 5.74) is 1.46. The van der Waals surface area contributed by atoms with E-state index in [2.05, 4.69) is 10.2 Å². The third kappa shape index (κ3) is 5.89. The molecule has 162 valence electrons. The fraction of sp³-hybridized carbons (Fsp3) is 0.273. The molecule has 1 aliphatic rings. The van der Waals surface area contributed by atoms with E-state index < -0.39 is 4.92 Å². The summed E-state index contributed by atoms with van der Waals surface area (Å²) < 4.78 is 4.92. The van der Waals surface area contributed by atoms with Crippen molar-refractivity contribution in [3.8, 4) is 0 Å². The number of carbonyl (C=O) groups is 2. The number of methoxy groups -OCH3 is 1. The zero-order valence-electron chi connectivity index (χ0n) is 17.2. The number of benzene rings is 2. The normalized spacial score (nSPS) is 14.7. The quantitative estimate of drug-likeness (QED) is 0.331. The zero-order chi connectivity index (χ0) is 22.2. The maximum atomic E-state index is 12.6. The van der Waals surface area contributed by atoms with Gasteiger partial charge >= 0.3 is 12.0 Å². The molecule has 2 amide bonds. The molecule has 1 heterocycles. The Morgan fingerprint density at radius 1 is 1.06 bits per heavy atom. The summed E-state index contributed by atoms with van der Waals surface area (Å²) >= 11 is 0. The number of nitro benzene ring substituents is 1. The topological polar surface area (TPSA) is 105 Å². The molecule has 2 aromatic rings. The monoisotopic (exact) mass is 424 g/mol. The molecule has 3 rings (SSSR count). The van der Waals surface area contributed by atoms with E-state index in [9.17, 15) is 19.7 Å². The molecule has 0 spiro atoms. The second-order valence-electron chi connectivity index (χ2n) is 7.04. The highest BCUT2D eigenvalue weighted by atomic mass is 16.6. The number of nitrogens with one attached hydrogen (secondary N) is 1. The minimum atomic E-state index is -0.527. The Balaban J connectivity index is 1.59. The van der Waals surface area contributed by atoms with Gasteiger partial charge in [-0.05, 0) is 17.7 Å². The molecule has 0 bridgehead atoms. The highest BCUT2D eigenvalue weighted by molar-refractivity contribution is 5.94. The van der Waals surface area contributed by atoms with Crippen molar-refractivity contribution in [3.05, 3.63) is 75.8 Å². The lowest BCUT2D eigenvalue weighted by molar-refractivity contribution is -0.383. The van der Waals surface area contributed by atoms with Crippen molar-refractivity contribution in [1.82, 2.24) is 9.80 Å². The molecule has 1 saturated heterocycles. The summed E-state index contributed by atoms with van der Waals surface area (Å²) in [5, 5.41) is 13.7. The number of urea groups is 1. The van der Waals surface area contributed by atoms with Crippen LogP contribution in [0.15, 0.2) is 60.2 Å². The van der Waals surface area contributed by atoms with Crippen molar-refractivity contribution in [2.75, 3.05) is 45.2 Å². The Kier molecular flexibility index (Phi) is 7.34. The highest BCUT2D eigenvalue weighted by Gasteiger charge is 2.25. The van der Waals surface area contributed by atoms with Gasteiger partial charge in [0.15, 0.2) is 0 Å². The van der Waals surface area contributed by atoms with E-state index in [0.717, 1.165) is 5.56 Å². The van der Waals surface area contributed by atoms with Crippen molar-refractivity contribution in [2.24, 2.45) is 0 Å². The van der Waals surface area contributed by atoms with Gasteiger partial charge in [-0.15, -0.1) is 0 Å². The van der Waals surface area contributed by atoms with E-state index in [4.69, 9.17) is 4.74 Å². The van der Waals surface area contributed by atoms with Crippen molar-refractivity contribution >= 4 is 29.5 Å². The number of nitro groups is 1. The van der Waals surface area contributed by atoms with Crippen LogP contribution < -0.4 is 5.32 Å². The fourth-order valence-electron chi connectivity index (χ4n) is 3.33. The number of carbonyl (C=O) groups excluding carboxylic acids is 2. The second kappa shape index (κ2) is 10.4. The number of anilines is 1. The van der Waals surface area contributed by atoms with Crippen LogP contribution in [0.4, 0.5) is 16.2 Å². The number of rotatable bonds is 6. The van der Waals surface area contributed by atoms with E-state index in [-0.39, 0.29) is 23.4 Å². The number of para-hydroxylation sites is 2. The summed E-state index contributed by atoms with van der Waals surface area (Å²) in [7, 11) is 1.35. The first kappa shape index (κ1) is 22.0. The first-order valence-electron chi connectivity index (χ1n) is 9.83. The second-order valence-corrected chi connectivity index (χ2v) is 7.04. The molecule has 1 N–H and O–H groups in total. The van der Waals surface area contributed by atoms with Crippen LogP contribution in [0.1, 0.15) is 5.56 Å². The Hall–Kier alpha value is -3.72. The molecule has 0 saturated carbocycles. The summed E-state index contributed by atoms with van der Waals surface area (Å²) in [6.07, 6.45) is 1.81. The van der Waals surface area contributed by atoms with E-state index >= 15 is 0 Å². The molecule has 0 aliphatic carbocycles. The lowest BCUT2D eigenvalue weighted by atomic mass is 10.1. The predicted molar refractivity (Wildman–Crippen MR) is 117 cm³/mol. The standard InChI is InChI=1S/C22H24N4O5/c1-31-21(27)18(15-17-7-3-2-4-8-17)16-24-11-13-25(14-12-24)22(28)23-19-9-5-6-10-20(19)26(29)30/h2-10,15H,11-14,16H2,1H3,(H,23,28)/b18-15+. The SMILES string of the molecule is COC(=O)/C(=C/c1ccccc1)CN1CCN(C(=O)Nc2ccccc2[N+](=O)[O-])CC1. The van der Waals surface area contributed by atoms with E-state index in [0.29, 0.717) is 38.3 Å². The van der Waals surface area contributed by atoms with Crippen LogP contribution in [0.5, 0.6) is 0 Å². The number of hydrogen-bond acceptors (Lipinski definition) is 6. The van der Waals surface area contributed by atoms with Gasteiger partial charge in [0.05, 0.1) is 17.6 Å². The van der Waals surface area contributed by atoms with Crippen molar-refractivity contribution in [2.45, 2.75) is 0 Å². The van der Waals surface area contributed by atoms with Crippen LogP contribution in [0.25, 0.3) is 6.08 Å². The molecule has 9 nitrogen and oxygen atoms in total. The molecule has 1 aliphatic heterocycles. The third-order valence-corrected chi connectivity index (χ3v) is 4.98. The van der Waals surface area contributed by atoms with Crippen LogP contribution in [0.3, 0.4) is 0 Å². The highest BCUT2D eigenvalue weighted by Crippen LogP contribution is 2.23. The van der Waals surface area contributed by atoms with Crippen LogP contribution >= 0.6 is 0 Å². The average molecular weight is 424 g/mol. The van der Waals surface area contributed by atoms with Crippen molar-refractivity contribution < 1.29 is 19.2 Å². The molecule has 31 heavy (non-hydrogen) atoms. The Labute approximate surface area is 180 Å². The largest absolute Gasteiger partial charge is 0.466 e. The van der Waals surface area contributed by atoms with E-state index in [1.807, 2.05) is 30.3 Å². The number of amides is 2. The van der Waals surface area contributed by atoms with Crippen molar-refractivity contribution in [1.29, 1.82) is 0 Å². The van der Waals surface area contributed by atoms with Crippen LogP contribution in [-0.4, -0.2) is 66.6 Å². The molecule has 1 fully saturated rings. The Morgan fingerprint density at radius 3 is 2.35 bits per heavy atom. The summed E-state index contributed by atoms with van der Waals surface area (Å²) in [6.45, 7) is 2.40. The molecular formula is C22H24N4O5. The number of ether oxygens (including phenoxy) is 1. The average Bonchev–Trinajstić information content (AvgIpc) is 2.79. The van der Waals surface area contributed by atoms with Gasteiger partial charge in [0.2, 0.25) is 0 Å². The Bertz CT molecular complexity index is 969. The summed E-state index contributed by atoms with van der Waals surface area (Å²) in [5.74, 6) is -0.389. The number of hydrogen-bond donors (Lipinski definition) is 1. The molecule has 2 aromatic carbocycles. The minimum absolute atomic E-state index is 0.150. The van der Waals surface area contributed by atoms with Gasteiger partial charge in [0.1, 0.15) is 5.69 Å². The molecular weight excluding hydrogens is 400 g/mol. The maximum absolute atomic E-state index is 12.6. The van der Waals surface area contributed by atoms with Crippen LogP contribution in [-0.2, 0) is 9.53 Å². The number of esters is 1. The predicted octanol–water partition coefficient (Wildman–Crippen LogP) is 3.00. The molecule has 0 unspecified atom stereocenters. The number of piperazine rings is 1. The molecule has 0 atom stereocenters. The lowest BCUT2D eigenvalue weighted by Crippen LogP contribution is -2.50. The first-order valence-corrected chi connectivity index (χ1v) is 9.83. The number of nitrogens with zero attached hydrogens (tertiary/aromatic N) is 3. The third-order valence-electron chi connectivity index (χ3n) is 4.98. The molecule has 0 aromatic heterocycles. The van der Waals surface area contributed by atoms with Gasteiger partial charge in [0, 0.05) is 38.8 Å². The fourth-order valence-corrected chi connectivity index (χ4v) is 3.33. The Morgan fingerprint density at radius 2 is 1.71 bits per heavy atom. The summed E-state index contributed by atoms with van der Waals surface area (Å²) in [4.78, 5) is 39.0. The van der Waals surface area contributed by atoms with Crippen LogP contribution in [0, 0.1) is 10.1 Å². The van der Waals surface area contributed by atoms with E-state index in [1.165, 1.54) is 19.2 Å². The first-order chi connectivity index (χ1) is 15.0. The molecule has 9 heteroatoms. The van der Waals surface area contributed by atoms with E-state index in [1.54, 1.807) is 23.1 Å². The van der Waals surface area contributed by atoms with Gasteiger partial charge in [-0.25, -0.2) is 9.59 Å². The maximum Gasteiger partial charge on any atom is 0.335 e. The smallest absolute Gasteiger partial charge is 0.335 e.